The van der Waals surface area contributed by atoms with E-state index in [2.05, 4.69) is 10.6 Å². The number of carbonyl (C=O) groups excluding carboxylic acids is 3. The van der Waals surface area contributed by atoms with E-state index in [-0.39, 0.29) is 6.42 Å². The van der Waals surface area contributed by atoms with E-state index < -0.39 is 54.0 Å². The van der Waals surface area contributed by atoms with Crippen molar-refractivity contribution in [1.29, 1.82) is 0 Å². The fourth-order valence-electron chi connectivity index (χ4n) is 3.11. The molecule has 1 aliphatic heterocycles. The molecule has 0 spiro atoms. The molecule has 1 aliphatic rings. The van der Waals surface area contributed by atoms with E-state index in [1.54, 1.807) is 0 Å². The van der Waals surface area contributed by atoms with Crippen molar-refractivity contribution < 1.29 is 29.4 Å². The average Bonchev–Trinajstić information content (AvgIpc) is 3.15. The summed E-state index contributed by atoms with van der Waals surface area (Å²) in [5, 5.41) is 23.5. The van der Waals surface area contributed by atoms with E-state index in [1.165, 1.54) is 18.7 Å². The number of rotatable bonds is 11. The minimum Gasteiger partial charge on any atom is -0.480 e. The minimum atomic E-state index is -1.19. The van der Waals surface area contributed by atoms with E-state index in [1.807, 2.05) is 0 Å². The highest BCUT2D eigenvalue weighted by atomic mass is 16.4. The number of likely N-dealkylation sites (tertiary alicyclic amines) is 1. The van der Waals surface area contributed by atoms with Gasteiger partial charge in [0.2, 0.25) is 17.7 Å². The predicted octanol–water partition coefficient (Wildman–Crippen LogP) is -2.11. The number of aliphatic hydroxyl groups is 1. The Morgan fingerprint density at radius 1 is 1.17 bits per heavy atom. The van der Waals surface area contributed by atoms with Crippen molar-refractivity contribution in [3.8, 4) is 0 Å². The molecule has 0 radical (unpaired) electrons. The zero-order chi connectivity index (χ0) is 22.1. The lowest BCUT2D eigenvalue weighted by Gasteiger charge is -2.29. The maximum absolute atomic E-state index is 12.8. The number of nitrogens with one attached hydrogen (secondary N) is 2. The van der Waals surface area contributed by atoms with Crippen LogP contribution in [0.25, 0.3) is 0 Å². The van der Waals surface area contributed by atoms with Gasteiger partial charge in [0.1, 0.15) is 24.2 Å². The summed E-state index contributed by atoms with van der Waals surface area (Å²) in [4.78, 5) is 50.0. The summed E-state index contributed by atoms with van der Waals surface area (Å²) in [5.41, 5.74) is 11.2. The normalized spacial score (nSPS) is 20.4. The summed E-state index contributed by atoms with van der Waals surface area (Å²) in [6, 6.07) is -3.98. The van der Waals surface area contributed by atoms with Crippen molar-refractivity contribution >= 4 is 23.7 Å². The summed E-state index contributed by atoms with van der Waals surface area (Å²) >= 11 is 0. The first-order valence-electron chi connectivity index (χ1n) is 9.87. The van der Waals surface area contributed by atoms with Crippen molar-refractivity contribution in [2.75, 3.05) is 13.1 Å². The number of carboxylic acid groups (broad SMARTS) is 1. The molecule has 0 aromatic heterocycles. The van der Waals surface area contributed by atoms with Gasteiger partial charge in [-0.3, -0.25) is 19.2 Å². The number of carbonyl (C=O) groups is 4. The topological polar surface area (TPSA) is 188 Å². The Bertz CT molecular complexity index is 599. The van der Waals surface area contributed by atoms with Crippen molar-refractivity contribution in [3.05, 3.63) is 0 Å². The highest BCUT2D eigenvalue weighted by molar-refractivity contribution is 5.94. The fraction of sp³-hybridized carbons (Fsp3) is 0.778. The van der Waals surface area contributed by atoms with E-state index in [4.69, 9.17) is 16.6 Å². The maximum Gasteiger partial charge on any atom is 0.325 e. The van der Waals surface area contributed by atoms with Crippen LogP contribution in [0.15, 0.2) is 0 Å². The minimum absolute atomic E-state index is 0.287. The van der Waals surface area contributed by atoms with Gasteiger partial charge < -0.3 is 37.2 Å². The van der Waals surface area contributed by atoms with Gasteiger partial charge in [-0.25, -0.2) is 0 Å². The van der Waals surface area contributed by atoms with E-state index in [0.29, 0.717) is 38.8 Å². The Hall–Kier alpha value is -2.24. The van der Waals surface area contributed by atoms with Gasteiger partial charge in [-0.1, -0.05) is 0 Å². The predicted molar refractivity (Wildman–Crippen MR) is 104 cm³/mol. The van der Waals surface area contributed by atoms with Crippen molar-refractivity contribution in [1.82, 2.24) is 15.5 Å². The largest absolute Gasteiger partial charge is 0.480 e. The van der Waals surface area contributed by atoms with Gasteiger partial charge in [0.15, 0.2) is 0 Å². The van der Waals surface area contributed by atoms with Crippen LogP contribution in [-0.4, -0.2) is 82.2 Å². The number of nitrogens with zero attached hydrogens (tertiary/aromatic N) is 1. The second-order valence-corrected chi connectivity index (χ2v) is 7.37. The first-order chi connectivity index (χ1) is 13.6. The third-order valence-electron chi connectivity index (χ3n) is 4.95. The van der Waals surface area contributed by atoms with Gasteiger partial charge >= 0.3 is 5.97 Å². The second kappa shape index (κ2) is 11.7. The molecule has 29 heavy (non-hydrogen) atoms. The van der Waals surface area contributed by atoms with Gasteiger partial charge in [0, 0.05) is 6.54 Å². The van der Waals surface area contributed by atoms with Crippen molar-refractivity contribution in [2.45, 2.75) is 76.2 Å². The highest BCUT2D eigenvalue weighted by Crippen LogP contribution is 2.19. The summed E-state index contributed by atoms with van der Waals surface area (Å²) in [6.07, 6.45) is 1.44. The van der Waals surface area contributed by atoms with E-state index in [0.717, 1.165) is 0 Å². The van der Waals surface area contributed by atoms with Gasteiger partial charge in [-0.15, -0.1) is 0 Å². The van der Waals surface area contributed by atoms with Crippen LogP contribution in [0.1, 0.15) is 46.0 Å². The summed E-state index contributed by atoms with van der Waals surface area (Å²) in [5.74, 6) is -2.84. The smallest absolute Gasteiger partial charge is 0.325 e. The van der Waals surface area contributed by atoms with Crippen LogP contribution in [0.5, 0.6) is 0 Å². The molecule has 11 heteroatoms. The highest BCUT2D eigenvalue weighted by Gasteiger charge is 2.38. The molecule has 1 heterocycles. The van der Waals surface area contributed by atoms with Crippen LogP contribution in [0.4, 0.5) is 0 Å². The Morgan fingerprint density at radius 2 is 1.83 bits per heavy atom. The molecule has 1 rings (SSSR count). The third-order valence-corrected chi connectivity index (χ3v) is 4.95. The summed E-state index contributed by atoms with van der Waals surface area (Å²) in [7, 11) is 0. The molecule has 11 nitrogen and oxygen atoms in total. The Labute approximate surface area is 170 Å². The zero-order valence-electron chi connectivity index (χ0n) is 17.0. The van der Waals surface area contributed by atoms with E-state index >= 15 is 0 Å². The molecule has 0 aromatic carbocycles. The lowest BCUT2D eigenvalue weighted by molar-refractivity contribution is -0.143. The van der Waals surface area contributed by atoms with Crippen LogP contribution >= 0.6 is 0 Å². The number of nitrogens with two attached hydrogens (primary N) is 2. The maximum atomic E-state index is 12.8. The number of hydrogen-bond acceptors (Lipinski definition) is 7. The number of carboxylic acids is 1. The number of amides is 3. The summed E-state index contributed by atoms with van der Waals surface area (Å²) in [6.45, 7) is 3.48. The molecule has 1 fully saturated rings. The Morgan fingerprint density at radius 3 is 2.38 bits per heavy atom. The molecule has 0 saturated carbocycles. The standard InChI is InChI=1S/C18H33N5O6/c1-10(18(28)29)21-15(25)12(6-3-4-8-19)22-16(26)13-7-5-9-23(13)17(27)14(20)11(2)24/h10-14,24H,3-9,19-20H2,1-2H3,(H,21,25)(H,22,26)(H,28,29). The van der Waals surface area contributed by atoms with Crippen molar-refractivity contribution in [2.24, 2.45) is 11.5 Å². The molecule has 8 N–H and O–H groups in total. The van der Waals surface area contributed by atoms with Crippen LogP contribution < -0.4 is 22.1 Å². The average molecular weight is 415 g/mol. The molecule has 3 amide bonds. The Balaban J connectivity index is 2.84. The van der Waals surface area contributed by atoms with Crippen LogP contribution in [0, 0.1) is 0 Å². The molecular formula is C18H33N5O6. The molecule has 0 bridgehead atoms. The molecule has 5 unspecified atom stereocenters. The number of aliphatic hydroxyl groups excluding tert-OH is 1. The Kier molecular flexibility index (Phi) is 9.99. The molecule has 166 valence electrons. The zero-order valence-corrected chi connectivity index (χ0v) is 17.0. The first-order valence-corrected chi connectivity index (χ1v) is 9.87. The molecular weight excluding hydrogens is 382 g/mol. The summed E-state index contributed by atoms with van der Waals surface area (Å²) < 4.78 is 0. The van der Waals surface area contributed by atoms with Gasteiger partial charge in [-0.2, -0.15) is 0 Å². The van der Waals surface area contributed by atoms with Crippen LogP contribution in [0.3, 0.4) is 0 Å². The molecule has 0 aliphatic carbocycles. The van der Waals surface area contributed by atoms with Crippen molar-refractivity contribution in [3.63, 3.8) is 0 Å². The second-order valence-electron chi connectivity index (χ2n) is 7.37. The fourth-order valence-corrected chi connectivity index (χ4v) is 3.11. The lowest BCUT2D eigenvalue weighted by atomic mass is 10.1. The van der Waals surface area contributed by atoms with Crippen LogP contribution in [-0.2, 0) is 19.2 Å². The number of hydrogen-bond donors (Lipinski definition) is 6. The quantitative estimate of drug-likeness (QED) is 0.207. The van der Waals surface area contributed by atoms with Gasteiger partial charge in [0.25, 0.3) is 0 Å². The van der Waals surface area contributed by atoms with Gasteiger partial charge in [-0.05, 0) is 52.5 Å². The van der Waals surface area contributed by atoms with Crippen LogP contribution in [0.2, 0.25) is 0 Å². The number of unbranched alkanes of at least 4 members (excludes halogenated alkanes) is 1. The van der Waals surface area contributed by atoms with E-state index in [9.17, 15) is 24.3 Å². The SMILES string of the molecule is CC(NC(=O)C(CCCCN)NC(=O)C1CCCN1C(=O)C(N)C(C)O)C(=O)O. The monoisotopic (exact) mass is 415 g/mol. The third kappa shape index (κ3) is 7.26. The molecule has 1 saturated heterocycles. The van der Waals surface area contributed by atoms with Gasteiger partial charge in [0.05, 0.1) is 6.10 Å². The lowest BCUT2D eigenvalue weighted by Crippen LogP contribution is -2.57. The molecule has 5 atom stereocenters. The number of aliphatic carboxylic acids is 1. The first kappa shape index (κ1) is 24.8. The molecule has 0 aromatic rings.